The van der Waals surface area contributed by atoms with Crippen LogP contribution >= 0.6 is 11.8 Å². The Morgan fingerprint density at radius 3 is 3.25 bits per heavy atom. The molecule has 0 aromatic carbocycles. The summed E-state index contributed by atoms with van der Waals surface area (Å²) in [5.41, 5.74) is 1.59. The largest absolute Gasteiger partial charge is 0.376 e. The van der Waals surface area contributed by atoms with Gasteiger partial charge >= 0.3 is 0 Å². The van der Waals surface area contributed by atoms with E-state index in [1.807, 2.05) is 0 Å². The lowest BCUT2D eigenvalue weighted by molar-refractivity contribution is 0.108. The summed E-state index contributed by atoms with van der Waals surface area (Å²) in [4.78, 5) is 19.0. The number of aromatic amines is 1. The van der Waals surface area contributed by atoms with E-state index in [9.17, 15) is 4.79 Å². The molecular weight excluding hydrogens is 224 g/mol. The Hall–Kier alpha value is -0.810. The lowest BCUT2D eigenvalue weighted by Gasteiger charge is -2.15. The maximum atomic E-state index is 11.7. The van der Waals surface area contributed by atoms with Gasteiger partial charge < -0.3 is 9.72 Å². The summed E-state index contributed by atoms with van der Waals surface area (Å²) in [6.07, 6.45) is 1.90. The van der Waals surface area contributed by atoms with E-state index in [4.69, 9.17) is 4.74 Å². The Balaban J connectivity index is 2.15. The maximum absolute atomic E-state index is 11.7. The number of H-pyrrole nitrogens is 1. The Morgan fingerprint density at radius 2 is 2.44 bits per heavy atom. The molecule has 0 amide bonds. The van der Waals surface area contributed by atoms with Gasteiger partial charge in [-0.1, -0.05) is 6.92 Å². The average molecular weight is 240 g/mol. The second-order valence-electron chi connectivity index (χ2n) is 3.79. The Labute approximate surface area is 98.8 Å². The van der Waals surface area contributed by atoms with E-state index in [2.05, 4.69) is 16.9 Å². The first kappa shape index (κ1) is 11.7. The van der Waals surface area contributed by atoms with Gasteiger partial charge in [0.25, 0.3) is 5.56 Å². The van der Waals surface area contributed by atoms with E-state index in [1.165, 1.54) is 0 Å². The van der Waals surface area contributed by atoms with Crippen LogP contribution in [0.5, 0.6) is 0 Å². The summed E-state index contributed by atoms with van der Waals surface area (Å²) in [6.45, 7) is 3.22. The second-order valence-corrected chi connectivity index (χ2v) is 4.90. The molecule has 1 aliphatic heterocycles. The maximum Gasteiger partial charge on any atom is 0.256 e. The van der Waals surface area contributed by atoms with Crippen molar-refractivity contribution in [1.82, 2.24) is 9.97 Å². The fraction of sp³-hybridized carbons (Fsp3) is 0.636. The molecule has 0 spiro atoms. The molecule has 0 unspecified atom stereocenters. The third kappa shape index (κ3) is 2.65. The number of aromatic nitrogens is 2. The SMILES string of the molecule is CCCSCc1nc2c(c(=O)[nH]1)COCC2. The van der Waals surface area contributed by atoms with Gasteiger partial charge in [0, 0.05) is 6.42 Å². The number of nitrogens with zero attached hydrogens (tertiary/aromatic N) is 1. The zero-order valence-electron chi connectivity index (χ0n) is 9.41. The van der Waals surface area contributed by atoms with Crippen LogP contribution in [0.25, 0.3) is 0 Å². The molecule has 1 aromatic heterocycles. The zero-order valence-corrected chi connectivity index (χ0v) is 10.2. The molecule has 0 saturated heterocycles. The monoisotopic (exact) mass is 240 g/mol. The average Bonchev–Trinajstić information content (AvgIpc) is 2.30. The summed E-state index contributed by atoms with van der Waals surface area (Å²) in [6, 6.07) is 0. The van der Waals surface area contributed by atoms with Crippen molar-refractivity contribution in [1.29, 1.82) is 0 Å². The predicted octanol–water partition coefficient (Wildman–Crippen LogP) is 1.49. The molecule has 2 heterocycles. The number of ether oxygens (including phenoxy) is 1. The zero-order chi connectivity index (χ0) is 11.4. The van der Waals surface area contributed by atoms with E-state index < -0.39 is 0 Å². The molecule has 0 fully saturated rings. The van der Waals surface area contributed by atoms with E-state index in [0.29, 0.717) is 18.8 Å². The number of hydrogen-bond acceptors (Lipinski definition) is 4. The first-order chi connectivity index (χ1) is 7.81. The highest BCUT2D eigenvalue weighted by atomic mass is 32.2. The molecule has 0 atom stereocenters. The van der Waals surface area contributed by atoms with Gasteiger partial charge in [-0.15, -0.1) is 0 Å². The first-order valence-corrected chi connectivity index (χ1v) is 6.73. The number of nitrogens with one attached hydrogen (secondary N) is 1. The van der Waals surface area contributed by atoms with Crippen LogP contribution in [0, 0.1) is 0 Å². The third-order valence-corrected chi connectivity index (χ3v) is 3.64. The van der Waals surface area contributed by atoms with Crippen molar-refractivity contribution in [2.75, 3.05) is 12.4 Å². The molecular formula is C11H16N2O2S. The topological polar surface area (TPSA) is 55.0 Å². The van der Waals surface area contributed by atoms with Gasteiger partial charge in [-0.25, -0.2) is 4.98 Å². The molecule has 2 rings (SSSR count). The van der Waals surface area contributed by atoms with Crippen LogP contribution in [0.3, 0.4) is 0 Å². The summed E-state index contributed by atoms with van der Waals surface area (Å²) in [7, 11) is 0. The van der Waals surface area contributed by atoms with Crippen LogP contribution < -0.4 is 5.56 Å². The van der Waals surface area contributed by atoms with Crippen LogP contribution in [0.2, 0.25) is 0 Å². The molecule has 0 aliphatic carbocycles. The van der Waals surface area contributed by atoms with Gasteiger partial charge in [0.05, 0.1) is 30.2 Å². The minimum absolute atomic E-state index is 0.0307. The van der Waals surface area contributed by atoms with Crippen molar-refractivity contribution in [3.8, 4) is 0 Å². The van der Waals surface area contributed by atoms with Crippen LogP contribution in [0.1, 0.15) is 30.4 Å². The van der Waals surface area contributed by atoms with E-state index in [1.54, 1.807) is 11.8 Å². The molecule has 1 aromatic rings. The summed E-state index contributed by atoms with van der Waals surface area (Å²) in [5.74, 6) is 2.69. The van der Waals surface area contributed by atoms with Crippen LogP contribution in [0.4, 0.5) is 0 Å². The molecule has 16 heavy (non-hydrogen) atoms. The third-order valence-electron chi connectivity index (χ3n) is 2.47. The van der Waals surface area contributed by atoms with Crippen molar-refractivity contribution in [2.45, 2.75) is 32.1 Å². The number of fused-ring (bicyclic) bond motifs is 1. The molecule has 4 nitrogen and oxygen atoms in total. The van der Waals surface area contributed by atoms with Gasteiger partial charge in [0.1, 0.15) is 5.82 Å². The Morgan fingerprint density at radius 1 is 1.56 bits per heavy atom. The lowest BCUT2D eigenvalue weighted by Crippen LogP contribution is -2.25. The molecule has 5 heteroatoms. The van der Waals surface area contributed by atoms with Gasteiger partial charge in [0.2, 0.25) is 0 Å². The highest BCUT2D eigenvalue weighted by molar-refractivity contribution is 7.98. The quantitative estimate of drug-likeness (QED) is 0.810. The molecule has 1 N–H and O–H groups in total. The van der Waals surface area contributed by atoms with Gasteiger partial charge in [-0.05, 0) is 12.2 Å². The van der Waals surface area contributed by atoms with Gasteiger partial charge in [0.15, 0.2) is 0 Å². The van der Waals surface area contributed by atoms with Crippen molar-refractivity contribution in [3.63, 3.8) is 0 Å². The molecule has 0 radical (unpaired) electrons. The fourth-order valence-electron chi connectivity index (χ4n) is 1.68. The smallest absolute Gasteiger partial charge is 0.256 e. The number of hydrogen-bond donors (Lipinski definition) is 1. The Kier molecular flexibility index (Phi) is 4.01. The van der Waals surface area contributed by atoms with Crippen molar-refractivity contribution >= 4 is 11.8 Å². The number of rotatable bonds is 4. The van der Waals surface area contributed by atoms with Crippen LogP contribution in [0.15, 0.2) is 4.79 Å². The molecule has 1 aliphatic rings. The second kappa shape index (κ2) is 5.50. The van der Waals surface area contributed by atoms with E-state index in [-0.39, 0.29) is 5.56 Å². The molecule has 88 valence electrons. The highest BCUT2D eigenvalue weighted by Crippen LogP contribution is 2.13. The minimum atomic E-state index is -0.0307. The van der Waals surface area contributed by atoms with Crippen LogP contribution in [-0.2, 0) is 23.5 Å². The van der Waals surface area contributed by atoms with Crippen LogP contribution in [-0.4, -0.2) is 22.3 Å². The van der Waals surface area contributed by atoms with E-state index >= 15 is 0 Å². The van der Waals surface area contributed by atoms with Crippen molar-refractivity contribution in [2.24, 2.45) is 0 Å². The van der Waals surface area contributed by atoms with Gasteiger partial charge in [-0.3, -0.25) is 4.79 Å². The summed E-state index contributed by atoms with van der Waals surface area (Å²) >= 11 is 1.80. The highest BCUT2D eigenvalue weighted by Gasteiger charge is 2.15. The van der Waals surface area contributed by atoms with Crippen molar-refractivity contribution in [3.05, 3.63) is 27.4 Å². The Bertz CT molecular complexity index is 417. The van der Waals surface area contributed by atoms with Gasteiger partial charge in [-0.2, -0.15) is 11.8 Å². The first-order valence-electron chi connectivity index (χ1n) is 5.57. The minimum Gasteiger partial charge on any atom is -0.376 e. The normalized spacial score (nSPS) is 14.8. The standard InChI is InChI=1S/C11H16N2O2S/c1-2-5-16-7-10-12-9-3-4-15-6-8(9)11(14)13-10/h2-7H2,1H3,(H,12,13,14). The summed E-state index contributed by atoms with van der Waals surface area (Å²) in [5, 5.41) is 0. The van der Waals surface area contributed by atoms with Crippen molar-refractivity contribution < 1.29 is 4.74 Å². The summed E-state index contributed by atoms with van der Waals surface area (Å²) < 4.78 is 5.25. The fourth-order valence-corrected chi connectivity index (χ4v) is 2.44. The molecule has 0 saturated carbocycles. The molecule has 0 bridgehead atoms. The van der Waals surface area contributed by atoms with E-state index in [0.717, 1.165) is 35.9 Å². The lowest BCUT2D eigenvalue weighted by atomic mass is 10.1. The number of thioether (sulfide) groups is 1. The predicted molar refractivity (Wildman–Crippen MR) is 64.7 cm³/mol.